The van der Waals surface area contributed by atoms with Gasteiger partial charge in [-0.05, 0) is 12.1 Å². The number of amides is 1. The van der Waals surface area contributed by atoms with Gasteiger partial charge < -0.3 is 14.7 Å². The van der Waals surface area contributed by atoms with Crippen molar-refractivity contribution in [2.24, 2.45) is 0 Å². The number of aliphatic carboxylic acids is 1. The molecule has 1 amide bonds. The van der Waals surface area contributed by atoms with E-state index in [1.54, 1.807) is 0 Å². The standard InChI is InChI=1S/C15H14N4O6/c20-14(17-5-6-25-13(9-17)15(21)22)10-7-16-18(8-10)11-1-3-12(4-2-11)19(23)24/h1-4,7-8,13H,5-6,9H2,(H,21,22). The average Bonchev–Trinajstić information content (AvgIpc) is 3.11. The lowest BCUT2D eigenvalue weighted by molar-refractivity contribution is -0.384. The van der Waals surface area contributed by atoms with Gasteiger partial charge in [0, 0.05) is 24.9 Å². The van der Waals surface area contributed by atoms with Crippen molar-refractivity contribution in [3.05, 3.63) is 52.3 Å². The van der Waals surface area contributed by atoms with Gasteiger partial charge in [0.15, 0.2) is 6.10 Å². The molecule has 0 spiro atoms. The van der Waals surface area contributed by atoms with Crippen LogP contribution in [0.2, 0.25) is 0 Å². The summed E-state index contributed by atoms with van der Waals surface area (Å²) in [6.07, 6.45) is 1.83. The lowest BCUT2D eigenvalue weighted by atomic mass is 10.2. The predicted molar refractivity (Wildman–Crippen MR) is 83.5 cm³/mol. The zero-order valence-corrected chi connectivity index (χ0v) is 12.9. The fraction of sp³-hybridized carbons (Fsp3) is 0.267. The van der Waals surface area contributed by atoms with Crippen LogP contribution in [-0.4, -0.2) is 62.4 Å². The van der Waals surface area contributed by atoms with Crippen LogP contribution in [0.4, 0.5) is 5.69 Å². The van der Waals surface area contributed by atoms with Crippen molar-refractivity contribution in [1.82, 2.24) is 14.7 Å². The topological polar surface area (TPSA) is 128 Å². The van der Waals surface area contributed by atoms with Gasteiger partial charge in [0.1, 0.15) is 0 Å². The smallest absolute Gasteiger partial charge is 0.334 e. The number of non-ortho nitro benzene ring substituents is 1. The Morgan fingerprint density at radius 2 is 2.04 bits per heavy atom. The summed E-state index contributed by atoms with van der Waals surface area (Å²) in [5.74, 6) is -1.46. The summed E-state index contributed by atoms with van der Waals surface area (Å²) in [6, 6.07) is 5.74. The molecule has 1 N–H and O–H groups in total. The summed E-state index contributed by atoms with van der Waals surface area (Å²) in [6.45, 7) is 0.418. The molecule has 0 saturated carbocycles. The van der Waals surface area contributed by atoms with Crippen LogP contribution in [0, 0.1) is 10.1 Å². The number of hydrogen-bond donors (Lipinski definition) is 1. The van der Waals surface area contributed by atoms with Crippen LogP contribution in [0.25, 0.3) is 5.69 Å². The van der Waals surface area contributed by atoms with E-state index >= 15 is 0 Å². The highest BCUT2D eigenvalue weighted by Gasteiger charge is 2.30. The van der Waals surface area contributed by atoms with Crippen molar-refractivity contribution in [3.8, 4) is 5.69 Å². The number of carbonyl (C=O) groups is 2. The van der Waals surface area contributed by atoms with Crippen molar-refractivity contribution < 1.29 is 24.4 Å². The highest BCUT2D eigenvalue weighted by atomic mass is 16.6. The number of nitro groups is 1. The van der Waals surface area contributed by atoms with E-state index in [1.807, 2.05) is 0 Å². The molecule has 0 aliphatic carbocycles. The molecule has 1 aromatic carbocycles. The Balaban J connectivity index is 1.75. The van der Waals surface area contributed by atoms with Crippen LogP contribution in [0.5, 0.6) is 0 Å². The van der Waals surface area contributed by atoms with E-state index < -0.39 is 17.0 Å². The Morgan fingerprint density at radius 1 is 1.32 bits per heavy atom. The zero-order valence-electron chi connectivity index (χ0n) is 12.9. The molecular weight excluding hydrogens is 332 g/mol. The van der Waals surface area contributed by atoms with Crippen LogP contribution in [0.3, 0.4) is 0 Å². The zero-order chi connectivity index (χ0) is 18.0. The predicted octanol–water partition coefficient (Wildman–Crippen LogP) is 0.706. The van der Waals surface area contributed by atoms with Crippen molar-refractivity contribution >= 4 is 17.6 Å². The molecular formula is C15H14N4O6. The van der Waals surface area contributed by atoms with Crippen molar-refractivity contribution in [1.29, 1.82) is 0 Å². The maximum atomic E-state index is 12.5. The van der Waals surface area contributed by atoms with Crippen molar-refractivity contribution in [2.75, 3.05) is 19.7 Å². The van der Waals surface area contributed by atoms with E-state index in [1.165, 1.54) is 46.2 Å². The number of carboxylic acid groups (broad SMARTS) is 1. The molecule has 1 aliphatic rings. The molecule has 10 heteroatoms. The van der Waals surface area contributed by atoms with Crippen molar-refractivity contribution in [3.63, 3.8) is 0 Å². The number of carboxylic acids is 1. The molecule has 1 fully saturated rings. The number of benzene rings is 1. The summed E-state index contributed by atoms with van der Waals surface area (Å²) in [5, 5.41) is 23.8. The van der Waals surface area contributed by atoms with Gasteiger partial charge in [-0.25, -0.2) is 9.48 Å². The molecule has 1 saturated heterocycles. The Kier molecular flexibility index (Phi) is 4.44. The number of aromatic nitrogens is 2. The number of morpholine rings is 1. The van der Waals surface area contributed by atoms with Gasteiger partial charge in [0.25, 0.3) is 11.6 Å². The Bertz CT molecular complexity index is 816. The number of nitro benzene ring substituents is 1. The third-order valence-electron chi connectivity index (χ3n) is 3.78. The Labute approximate surface area is 141 Å². The van der Waals surface area contributed by atoms with E-state index in [0.29, 0.717) is 17.8 Å². The number of rotatable bonds is 4. The van der Waals surface area contributed by atoms with Gasteiger partial charge in [-0.1, -0.05) is 0 Å². The normalized spacial score (nSPS) is 17.3. The summed E-state index contributed by atoms with van der Waals surface area (Å²) < 4.78 is 6.51. The minimum atomic E-state index is -1.11. The second kappa shape index (κ2) is 6.69. The van der Waals surface area contributed by atoms with Gasteiger partial charge >= 0.3 is 5.97 Å². The van der Waals surface area contributed by atoms with E-state index in [0.717, 1.165) is 0 Å². The molecule has 0 bridgehead atoms. The first-order valence-electron chi connectivity index (χ1n) is 7.39. The summed E-state index contributed by atoms with van der Waals surface area (Å²) in [7, 11) is 0. The number of hydrogen-bond acceptors (Lipinski definition) is 6. The highest BCUT2D eigenvalue weighted by molar-refractivity contribution is 5.94. The Morgan fingerprint density at radius 3 is 2.68 bits per heavy atom. The van der Waals surface area contributed by atoms with E-state index in [-0.39, 0.29) is 24.7 Å². The minimum Gasteiger partial charge on any atom is -0.479 e. The van der Waals surface area contributed by atoms with E-state index in [9.17, 15) is 19.7 Å². The molecule has 130 valence electrons. The molecule has 1 aliphatic heterocycles. The molecule has 1 unspecified atom stereocenters. The van der Waals surface area contributed by atoms with Crippen molar-refractivity contribution in [2.45, 2.75) is 6.10 Å². The fourth-order valence-corrected chi connectivity index (χ4v) is 2.47. The lowest BCUT2D eigenvalue weighted by Crippen LogP contribution is -2.48. The maximum Gasteiger partial charge on any atom is 0.334 e. The molecule has 10 nitrogen and oxygen atoms in total. The summed E-state index contributed by atoms with van der Waals surface area (Å²) in [5.41, 5.74) is 0.819. The van der Waals surface area contributed by atoms with Gasteiger partial charge in [-0.2, -0.15) is 5.10 Å². The first-order valence-corrected chi connectivity index (χ1v) is 7.39. The fourth-order valence-electron chi connectivity index (χ4n) is 2.47. The second-order valence-corrected chi connectivity index (χ2v) is 5.40. The number of nitrogens with zero attached hydrogens (tertiary/aromatic N) is 4. The maximum absolute atomic E-state index is 12.5. The van der Waals surface area contributed by atoms with Gasteiger partial charge in [-0.15, -0.1) is 0 Å². The Hall–Kier alpha value is -3.27. The van der Waals surface area contributed by atoms with Crippen LogP contribution >= 0.6 is 0 Å². The van der Waals surface area contributed by atoms with Gasteiger partial charge in [0.2, 0.25) is 0 Å². The van der Waals surface area contributed by atoms with Crippen LogP contribution in [-0.2, 0) is 9.53 Å². The average molecular weight is 346 g/mol. The quantitative estimate of drug-likeness (QED) is 0.637. The third-order valence-corrected chi connectivity index (χ3v) is 3.78. The molecule has 2 heterocycles. The molecule has 3 rings (SSSR count). The lowest BCUT2D eigenvalue weighted by Gasteiger charge is -2.30. The number of ether oxygens (including phenoxy) is 1. The van der Waals surface area contributed by atoms with Gasteiger partial charge in [-0.3, -0.25) is 14.9 Å². The molecule has 25 heavy (non-hydrogen) atoms. The first-order chi connectivity index (χ1) is 12.0. The SMILES string of the molecule is O=C(O)C1CN(C(=O)c2cnn(-c3ccc([N+](=O)[O-])cc3)c2)CCO1. The number of carbonyl (C=O) groups excluding carboxylic acids is 1. The highest BCUT2D eigenvalue weighted by Crippen LogP contribution is 2.16. The molecule has 2 aromatic rings. The largest absolute Gasteiger partial charge is 0.479 e. The van der Waals surface area contributed by atoms with E-state index in [4.69, 9.17) is 9.84 Å². The third kappa shape index (κ3) is 3.48. The van der Waals surface area contributed by atoms with Crippen LogP contribution in [0.15, 0.2) is 36.7 Å². The monoisotopic (exact) mass is 346 g/mol. The molecule has 1 atom stereocenters. The van der Waals surface area contributed by atoms with Crippen LogP contribution in [0.1, 0.15) is 10.4 Å². The van der Waals surface area contributed by atoms with Crippen LogP contribution < -0.4 is 0 Å². The summed E-state index contributed by atoms with van der Waals surface area (Å²) in [4.78, 5) is 35.1. The second-order valence-electron chi connectivity index (χ2n) is 5.40. The molecule has 0 radical (unpaired) electrons. The summed E-state index contributed by atoms with van der Waals surface area (Å²) >= 11 is 0. The minimum absolute atomic E-state index is 0.0309. The van der Waals surface area contributed by atoms with E-state index in [2.05, 4.69) is 5.10 Å². The molecule has 1 aromatic heterocycles. The van der Waals surface area contributed by atoms with Gasteiger partial charge in [0.05, 0.1) is 35.5 Å². The first kappa shape index (κ1) is 16.6.